The maximum absolute atomic E-state index is 11.8. The van der Waals surface area contributed by atoms with E-state index >= 15 is 0 Å². The fraction of sp³-hybridized carbons (Fsp3) is 0.400. The van der Waals surface area contributed by atoms with Crippen LogP contribution in [0.3, 0.4) is 0 Å². The smallest absolute Gasteiger partial charge is 0.230 e. The lowest BCUT2D eigenvalue weighted by Gasteiger charge is -2.04. The van der Waals surface area contributed by atoms with E-state index in [2.05, 4.69) is 20.5 Å². The number of carbonyl (C=O) groups is 1. The van der Waals surface area contributed by atoms with E-state index in [0.717, 1.165) is 30.8 Å². The summed E-state index contributed by atoms with van der Waals surface area (Å²) in [5.74, 6) is 1.03. The van der Waals surface area contributed by atoms with Gasteiger partial charge in [-0.2, -0.15) is 0 Å². The standard InChI is InChI=1S/C15H18N4O2S/c20-13(16-9-11-5-2-1-3-6-11)10-22-15-17-14(18-19-15)12-7-4-8-21-12/h1-3,5-6,12H,4,7-10H2,(H,16,20)(H,17,18,19)/t12-/m0/s1. The Labute approximate surface area is 133 Å². The van der Waals surface area contributed by atoms with Crippen molar-refractivity contribution < 1.29 is 9.53 Å². The molecule has 22 heavy (non-hydrogen) atoms. The van der Waals surface area contributed by atoms with Crippen molar-refractivity contribution in [3.8, 4) is 0 Å². The molecular weight excluding hydrogens is 300 g/mol. The summed E-state index contributed by atoms with van der Waals surface area (Å²) in [6.07, 6.45) is 2.04. The molecule has 1 atom stereocenters. The number of carbonyl (C=O) groups excluding carboxylic acids is 1. The second kappa shape index (κ2) is 7.42. The second-order valence-electron chi connectivity index (χ2n) is 5.06. The molecule has 3 rings (SSSR count). The zero-order valence-corrected chi connectivity index (χ0v) is 12.9. The van der Waals surface area contributed by atoms with Crippen LogP contribution in [0.4, 0.5) is 0 Å². The molecule has 2 heterocycles. The Morgan fingerprint density at radius 3 is 3.05 bits per heavy atom. The summed E-state index contributed by atoms with van der Waals surface area (Å²) in [6, 6.07) is 9.83. The molecule has 116 valence electrons. The molecule has 1 amide bonds. The van der Waals surface area contributed by atoms with Gasteiger partial charge in [0, 0.05) is 13.2 Å². The Hall–Kier alpha value is -1.86. The minimum atomic E-state index is -0.0303. The SMILES string of the molecule is O=C(CSc1n[nH]c([C@@H]2CCCO2)n1)NCc1ccccc1. The molecule has 0 radical (unpaired) electrons. The molecule has 6 nitrogen and oxygen atoms in total. The Morgan fingerprint density at radius 2 is 2.27 bits per heavy atom. The molecule has 1 fully saturated rings. The van der Waals surface area contributed by atoms with Gasteiger partial charge in [-0.15, -0.1) is 5.10 Å². The molecule has 0 aliphatic carbocycles. The largest absolute Gasteiger partial charge is 0.370 e. The number of benzene rings is 1. The zero-order valence-electron chi connectivity index (χ0n) is 12.1. The van der Waals surface area contributed by atoms with Gasteiger partial charge in [0.1, 0.15) is 6.10 Å². The van der Waals surface area contributed by atoms with Gasteiger partial charge >= 0.3 is 0 Å². The first-order valence-electron chi connectivity index (χ1n) is 7.28. The summed E-state index contributed by atoms with van der Waals surface area (Å²) in [6.45, 7) is 1.31. The highest BCUT2D eigenvalue weighted by Gasteiger charge is 2.21. The van der Waals surface area contributed by atoms with E-state index < -0.39 is 0 Å². The summed E-state index contributed by atoms with van der Waals surface area (Å²) in [5.41, 5.74) is 1.08. The number of nitrogens with one attached hydrogen (secondary N) is 2. The van der Waals surface area contributed by atoms with E-state index in [9.17, 15) is 4.79 Å². The molecule has 2 N–H and O–H groups in total. The van der Waals surface area contributed by atoms with E-state index in [0.29, 0.717) is 17.5 Å². The summed E-state index contributed by atoms with van der Waals surface area (Å²) in [5, 5.41) is 10.5. The Kier molecular flexibility index (Phi) is 5.07. The highest BCUT2D eigenvalue weighted by atomic mass is 32.2. The van der Waals surface area contributed by atoms with Gasteiger partial charge in [-0.25, -0.2) is 4.98 Å². The van der Waals surface area contributed by atoms with E-state index in [1.165, 1.54) is 11.8 Å². The van der Waals surface area contributed by atoms with Crippen LogP contribution >= 0.6 is 11.8 Å². The van der Waals surface area contributed by atoms with E-state index in [1.807, 2.05) is 30.3 Å². The number of hydrogen-bond donors (Lipinski definition) is 2. The van der Waals surface area contributed by atoms with Crippen molar-refractivity contribution in [2.75, 3.05) is 12.4 Å². The first-order chi connectivity index (χ1) is 10.8. The normalized spacial score (nSPS) is 17.5. The monoisotopic (exact) mass is 318 g/mol. The molecule has 1 saturated heterocycles. The summed E-state index contributed by atoms with van der Waals surface area (Å²) >= 11 is 1.32. The van der Waals surface area contributed by atoms with Crippen LogP contribution in [0.25, 0.3) is 0 Å². The van der Waals surface area contributed by atoms with Gasteiger partial charge in [0.05, 0.1) is 5.75 Å². The molecule has 1 aliphatic heterocycles. The lowest BCUT2D eigenvalue weighted by Crippen LogP contribution is -2.24. The minimum absolute atomic E-state index is 0.0220. The number of thioether (sulfide) groups is 1. The molecule has 0 unspecified atom stereocenters. The quantitative estimate of drug-likeness (QED) is 0.797. The number of H-pyrrole nitrogens is 1. The van der Waals surface area contributed by atoms with Crippen molar-refractivity contribution in [1.82, 2.24) is 20.5 Å². The van der Waals surface area contributed by atoms with Gasteiger partial charge in [0.25, 0.3) is 0 Å². The number of aromatic amines is 1. The summed E-state index contributed by atoms with van der Waals surface area (Å²) in [7, 11) is 0. The van der Waals surface area contributed by atoms with Crippen molar-refractivity contribution in [2.45, 2.75) is 30.6 Å². The molecule has 0 saturated carbocycles. The lowest BCUT2D eigenvalue weighted by atomic mass is 10.2. The Bertz CT molecular complexity index is 611. The van der Waals surface area contributed by atoms with Crippen molar-refractivity contribution >= 4 is 17.7 Å². The average molecular weight is 318 g/mol. The van der Waals surface area contributed by atoms with Gasteiger partial charge < -0.3 is 10.1 Å². The lowest BCUT2D eigenvalue weighted by molar-refractivity contribution is -0.118. The van der Waals surface area contributed by atoms with Gasteiger partial charge in [-0.3, -0.25) is 9.89 Å². The van der Waals surface area contributed by atoms with Crippen molar-refractivity contribution in [3.63, 3.8) is 0 Å². The van der Waals surface area contributed by atoms with E-state index in [4.69, 9.17) is 4.74 Å². The maximum atomic E-state index is 11.8. The highest BCUT2D eigenvalue weighted by Crippen LogP contribution is 2.26. The molecule has 2 aromatic rings. The third-order valence-electron chi connectivity index (χ3n) is 3.38. The van der Waals surface area contributed by atoms with Gasteiger partial charge in [-0.05, 0) is 18.4 Å². The first kappa shape index (κ1) is 15.1. The molecule has 1 aliphatic rings. The molecule has 1 aromatic carbocycles. The van der Waals surface area contributed by atoms with Crippen LogP contribution in [0, 0.1) is 0 Å². The third-order valence-corrected chi connectivity index (χ3v) is 4.23. The van der Waals surface area contributed by atoms with Crippen molar-refractivity contribution in [1.29, 1.82) is 0 Å². The zero-order chi connectivity index (χ0) is 15.2. The van der Waals surface area contributed by atoms with Crippen molar-refractivity contribution in [2.24, 2.45) is 0 Å². The minimum Gasteiger partial charge on any atom is -0.370 e. The van der Waals surface area contributed by atoms with Gasteiger partial charge in [-0.1, -0.05) is 42.1 Å². The van der Waals surface area contributed by atoms with Crippen LogP contribution in [0.1, 0.15) is 30.3 Å². The fourth-order valence-electron chi connectivity index (χ4n) is 2.24. The van der Waals surface area contributed by atoms with E-state index in [1.54, 1.807) is 0 Å². The maximum Gasteiger partial charge on any atom is 0.230 e. The number of amides is 1. The number of nitrogens with zero attached hydrogens (tertiary/aromatic N) is 2. The number of hydrogen-bond acceptors (Lipinski definition) is 5. The van der Waals surface area contributed by atoms with Gasteiger partial charge in [0.15, 0.2) is 5.82 Å². The van der Waals surface area contributed by atoms with E-state index in [-0.39, 0.29) is 12.0 Å². The molecular formula is C15H18N4O2S. The predicted octanol–water partition coefficient (Wildman–Crippen LogP) is 2.06. The third kappa shape index (κ3) is 4.08. The van der Waals surface area contributed by atoms with Crippen molar-refractivity contribution in [3.05, 3.63) is 41.7 Å². The van der Waals surface area contributed by atoms with Crippen LogP contribution in [-0.4, -0.2) is 33.4 Å². The summed E-state index contributed by atoms with van der Waals surface area (Å²) < 4.78 is 5.54. The van der Waals surface area contributed by atoms with Crippen LogP contribution < -0.4 is 5.32 Å². The Balaban J connectivity index is 1.43. The van der Waals surface area contributed by atoms with Crippen LogP contribution in [0.15, 0.2) is 35.5 Å². The number of ether oxygens (including phenoxy) is 1. The molecule has 0 spiro atoms. The Morgan fingerprint density at radius 1 is 1.41 bits per heavy atom. The second-order valence-corrected chi connectivity index (χ2v) is 6.00. The number of aromatic nitrogens is 3. The molecule has 1 aromatic heterocycles. The van der Waals surface area contributed by atoms with Crippen LogP contribution in [0.2, 0.25) is 0 Å². The van der Waals surface area contributed by atoms with Crippen LogP contribution in [0.5, 0.6) is 0 Å². The molecule has 0 bridgehead atoms. The highest BCUT2D eigenvalue weighted by molar-refractivity contribution is 7.99. The van der Waals surface area contributed by atoms with Gasteiger partial charge in [0.2, 0.25) is 11.1 Å². The average Bonchev–Trinajstić information content (AvgIpc) is 3.22. The number of rotatable bonds is 6. The summed E-state index contributed by atoms with van der Waals surface area (Å²) in [4.78, 5) is 16.2. The predicted molar refractivity (Wildman–Crippen MR) is 83.3 cm³/mol. The first-order valence-corrected chi connectivity index (χ1v) is 8.27. The molecule has 7 heteroatoms. The fourth-order valence-corrected chi connectivity index (χ4v) is 2.87. The van der Waals surface area contributed by atoms with Crippen LogP contribution in [-0.2, 0) is 16.1 Å². The topological polar surface area (TPSA) is 79.9 Å².